The van der Waals surface area contributed by atoms with E-state index in [-0.39, 0.29) is 22.9 Å². The molecule has 0 aromatic carbocycles. The van der Waals surface area contributed by atoms with E-state index in [2.05, 4.69) is 13.8 Å². The molecule has 1 unspecified atom stereocenters. The third kappa shape index (κ3) is 2.94. The number of rotatable bonds is 4. The minimum Gasteiger partial charge on any atom is -0.369 e. The largest absolute Gasteiger partial charge is 0.369 e. The quantitative estimate of drug-likeness (QED) is 0.784. The molecule has 0 aromatic heterocycles. The fourth-order valence-corrected chi connectivity index (χ4v) is 4.15. The summed E-state index contributed by atoms with van der Waals surface area (Å²) >= 11 is 0. The Hall–Kier alpha value is -0.410. The van der Waals surface area contributed by atoms with Gasteiger partial charge in [-0.05, 0) is 53.9 Å². The van der Waals surface area contributed by atoms with Gasteiger partial charge in [-0.25, -0.2) is 0 Å². The third-order valence-corrected chi connectivity index (χ3v) is 4.92. The predicted octanol–water partition coefficient (Wildman–Crippen LogP) is 3.89. The molecule has 2 aliphatic rings. The van der Waals surface area contributed by atoms with Gasteiger partial charge in [-0.3, -0.25) is 4.79 Å². The topological polar surface area (TPSA) is 35.5 Å². The molecule has 0 radical (unpaired) electrons. The second kappa shape index (κ2) is 5.42. The molecule has 20 heavy (non-hydrogen) atoms. The third-order valence-electron chi connectivity index (χ3n) is 4.92. The van der Waals surface area contributed by atoms with E-state index in [1.807, 2.05) is 20.8 Å². The number of hydrogen-bond donors (Lipinski definition) is 0. The maximum atomic E-state index is 13.2. The predicted molar refractivity (Wildman–Crippen MR) is 79.8 cm³/mol. The minimum absolute atomic E-state index is 0.0536. The first-order chi connectivity index (χ1) is 9.22. The van der Waals surface area contributed by atoms with Crippen LogP contribution in [0, 0.1) is 5.92 Å². The fourth-order valence-electron chi connectivity index (χ4n) is 4.15. The Morgan fingerprint density at radius 3 is 2.20 bits per heavy atom. The van der Waals surface area contributed by atoms with Crippen molar-refractivity contribution in [1.29, 1.82) is 0 Å². The highest BCUT2D eigenvalue weighted by molar-refractivity contribution is 5.91. The van der Waals surface area contributed by atoms with E-state index in [0.717, 1.165) is 32.1 Å². The van der Waals surface area contributed by atoms with Crippen molar-refractivity contribution in [1.82, 2.24) is 0 Å². The van der Waals surface area contributed by atoms with Crippen molar-refractivity contribution in [2.75, 3.05) is 6.61 Å². The molecule has 1 atom stereocenters. The number of hydrogen-bond acceptors (Lipinski definition) is 3. The Kier molecular flexibility index (Phi) is 4.32. The van der Waals surface area contributed by atoms with Gasteiger partial charge in [-0.2, -0.15) is 0 Å². The summed E-state index contributed by atoms with van der Waals surface area (Å²) in [7, 11) is 0. The molecular formula is C17H30O3. The Morgan fingerprint density at radius 1 is 1.15 bits per heavy atom. The Labute approximate surface area is 123 Å². The molecule has 0 aromatic rings. The molecule has 3 nitrogen and oxygen atoms in total. The molecule has 116 valence electrons. The van der Waals surface area contributed by atoms with Crippen LogP contribution in [0.15, 0.2) is 0 Å². The molecule has 0 bridgehead atoms. The highest BCUT2D eigenvalue weighted by Gasteiger charge is 2.54. The highest BCUT2D eigenvalue weighted by atomic mass is 16.5. The number of carbonyl (C=O) groups is 1. The average molecular weight is 282 g/mol. The van der Waals surface area contributed by atoms with Crippen molar-refractivity contribution >= 4 is 5.78 Å². The lowest BCUT2D eigenvalue weighted by atomic mass is 9.72. The lowest BCUT2D eigenvalue weighted by Gasteiger charge is -2.39. The number of carbonyl (C=O) groups excluding carboxylic acids is 1. The standard InChI is InChI=1S/C17H30O3/c1-6-19-17(10-8-7-9-11-17)14(18)13-12-15(2,3)20-16(13,4)5/h13H,6-12H2,1-5H3. The zero-order valence-electron chi connectivity index (χ0n) is 13.8. The van der Waals surface area contributed by atoms with Crippen molar-refractivity contribution in [3.63, 3.8) is 0 Å². The number of ether oxygens (including phenoxy) is 2. The summed E-state index contributed by atoms with van der Waals surface area (Å²) in [5, 5.41) is 0. The van der Waals surface area contributed by atoms with Crippen LogP contribution in [0.5, 0.6) is 0 Å². The van der Waals surface area contributed by atoms with Crippen molar-refractivity contribution < 1.29 is 14.3 Å². The van der Waals surface area contributed by atoms with Gasteiger partial charge in [-0.15, -0.1) is 0 Å². The van der Waals surface area contributed by atoms with E-state index in [4.69, 9.17) is 9.47 Å². The maximum Gasteiger partial charge on any atom is 0.170 e. The van der Waals surface area contributed by atoms with Gasteiger partial charge in [-0.1, -0.05) is 19.3 Å². The van der Waals surface area contributed by atoms with E-state index in [0.29, 0.717) is 6.61 Å². The summed E-state index contributed by atoms with van der Waals surface area (Å²) in [6.45, 7) is 10.9. The first-order valence-electron chi connectivity index (χ1n) is 8.11. The van der Waals surface area contributed by atoms with Gasteiger partial charge in [0.25, 0.3) is 0 Å². The molecule has 3 heteroatoms. The average Bonchev–Trinajstić information content (AvgIpc) is 2.58. The van der Waals surface area contributed by atoms with Crippen LogP contribution in [-0.2, 0) is 14.3 Å². The zero-order chi connectivity index (χ0) is 15.0. The fraction of sp³-hybridized carbons (Fsp3) is 0.941. The van der Waals surface area contributed by atoms with Crippen LogP contribution in [0.4, 0.5) is 0 Å². The SMILES string of the molecule is CCOC1(C(=O)C2CC(C)(C)OC2(C)C)CCCCC1. The molecule has 0 spiro atoms. The Bertz CT molecular complexity index is 359. The van der Waals surface area contributed by atoms with Gasteiger partial charge in [0.1, 0.15) is 5.60 Å². The van der Waals surface area contributed by atoms with Crippen molar-refractivity contribution in [3.8, 4) is 0 Å². The van der Waals surface area contributed by atoms with Crippen LogP contribution in [0.1, 0.15) is 73.1 Å². The molecule has 1 aliphatic carbocycles. The summed E-state index contributed by atoms with van der Waals surface area (Å²) < 4.78 is 12.1. The Morgan fingerprint density at radius 2 is 1.75 bits per heavy atom. The van der Waals surface area contributed by atoms with Gasteiger partial charge in [0, 0.05) is 6.61 Å². The lowest BCUT2D eigenvalue weighted by molar-refractivity contribution is -0.158. The van der Waals surface area contributed by atoms with Crippen LogP contribution in [-0.4, -0.2) is 29.2 Å². The van der Waals surface area contributed by atoms with Gasteiger partial charge in [0.2, 0.25) is 0 Å². The second-order valence-electron chi connectivity index (χ2n) is 7.57. The van der Waals surface area contributed by atoms with E-state index in [1.54, 1.807) is 0 Å². The van der Waals surface area contributed by atoms with Gasteiger partial charge < -0.3 is 9.47 Å². The summed E-state index contributed by atoms with van der Waals surface area (Å²) in [4.78, 5) is 13.2. The molecule has 2 fully saturated rings. The van der Waals surface area contributed by atoms with Crippen LogP contribution in [0.2, 0.25) is 0 Å². The molecular weight excluding hydrogens is 252 g/mol. The molecule has 0 amide bonds. The minimum atomic E-state index is -0.543. The second-order valence-corrected chi connectivity index (χ2v) is 7.57. The zero-order valence-corrected chi connectivity index (χ0v) is 13.8. The lowest BCUT2D eigenvalue weighted by Crippen LogP contribution is -2.50. The molecule has 2 rings (SSSR count). The summed E-state index contributed by atoms with van der Waals surface area (Å²) in [6.07, 6.45) is 5.98. The van der Waals surface area contributed by atoms with Gasteiger partial charge >= 0.3 is 0 Å². The molecule has 0 N–H and O–H groups in total. The number of Topliss-reactive ketones (excluding diaryl/α,β-unsaturated/α-hetero) is 1. The first kappa shape index (κ1) is 16.0. The molecule has 1 heterocycles. The van der Waals surface area contributed by atoms with Crippen molar-refractivity contribution in [3.05, 3.63) is 0 Å². The summed E-state index contributed by atoms with van der Waals surface area (Å²) in [6, 6.07) is 0. The van der Waals surface area contributed by atoms with Crippen LogP contribution in [0.25, 0.3) is 0 Å². The van der Waals surface area contributed by atoms with Gasteiger partial charge in [0.05, 0.1) is 17.1 Å². The van der Waals surface area contributed by atoms with Crippen LogP contribution < -0.4 is 0 Å². The smallest absolute Gasteiger partial charge is 0.170 e. The van der Waals surface area contributed by atoms with Crippen molar-refractivity contribution in [2.45, 2.75) is 89.9 Å². The maximum absolute atomic E-state index is 13.2. The van der Waals surface area contributed by atoms with Gasteiger partial charge in [0.15, 0.2) is 5.78 Å². The monoisotopic (exact) mass is 282 g/mol. The number of ketones is 1. The van der Waals surface area contributed by atoms with E-state index < -0.39 is 5.60 Å². The Balaban J connectivity index is 2.23. The van der Waals surface area contributed by atoms with Crippen molar-refractivity contribution in [2.24, 2.45) is 5.92 Å². The summed E-state index contributed by atoms with van der Waals surface area (Å²) in [5.41, 5.74) is -1.15. The van der Waals surface area contributed by atoms with E-state index in [1.165, 1.54) is 6.42 Å². The molecule has 1 saturated carbocycles. The van der Waals surface area contributed by atoms with E-state index >= 15 is 0 Å². The summed E-state index contributed by atoms with van der Waals surface area (Å²) in [5.74, 6) is 0.233. The first-order valence-corrected chi connectivity index (χ1v) is 8.11. The molecule has 1 saturated heterocycles. The van der Waals surface area contributed by atoms with Crippen LogP contribution >= 0.6 is 0 Å². The van der Waals surface area contributed by atoms with Crippen LogP contribution in [0.3, 0.4) is 0 Å². The normalized spacial score (nSPS) is 31.1. The highest BCUT2D eigenvalue weighted by Crippen LogP contribution is 2.46. The molecule has 1 aliphatic heterocycles. The van der Waals surface area contributed by atoms with E-state index in [9.17, 15) is 4.79 Å².